The molecule has 0 atom stereocenters. The Morgan fingerprint density at radius 3 is 2.71 bits per heavy atom. The smallest absolute Gasteiger partial charge is 0.343 e. The van der Waals surface area contributed by atoms with Crippen LogP contribution in [0.4, 0.5) is 5.69 Å². The van der Waals surface area contributed by atoms with Crippen molar-refractivity contribution < 1.29 is 14.6 Å². The Kier molecular flexibility index (Phi) is 4.61. The van der Waals surface area contributed by atoms with E-state index < -0.39 is 5.97 Å². The van der Waals surface area contributed by atoms with Gasteiger partial charge in [0.25, 0.3) is 0 Å². The molecule has 0 aliphatic rings. The lowest BCUT2D eigenvalue weighted by atomic mass is 10.2. The summed E-state index contributed by atoms with van der Waals surface area (Å²) < 4.78 is 4.85. The van der Waals surface area contributed by atoms with Gasteiger partial charge in [-0.15, -0.1) is 0 Å². The maximum Gasteiger partial charge on any atom is 0.343 e. The van der Waals surface area contributed by atoms with Gasteiger partial charge in [0, 0.05) is 18.6 Å². The van der Waals surface area contributed by atoms with Gasteiger partial charge in [0.15, 0.2) is 0 Å². The molecule has 0 radical (unpaired) electrons. The molecule has 0 unspecified atom stereocenters. The highest BCUT2D eigenvalue weighted by molar-refractivity contribution is 6.10. The van der Waals surface area contributed by atoms with Crippen LogP contribution < -0.4 is 0 Å². The van der Waals surface area contributed by atoms with Gasteiger partial charge in [-0.2, -0.15) is 0 Å². The number of fused-ring (bicyclic) bond motifs is 1. The highest BCUT2D eigenvalue weighted by Crippen LogP contribution is 2.18. The number of rotatable bonds is 4. The van der Waals surface area contributed by atoms with Crippen molar-refractivity contribution in [2.24, 2.45) is 4.99 Å². The van der Waals surface area contributed by atoms with Crippen LogP contribution in [-0.4, -0.2) is 33.9 Å². The molecular weight excluding hydrogens is 270 g/mol. The zero-order valence-electron chi connectivity index (χ0n) is 11.8. The van der Waals surface area contributed by atoms with E-state index in [1.54, 1.807) is 37.5 Å². The molecule has 21 heavy (non-hydrogen) atoms. The molecule has 2 aromatic rings. The second-order valence-electron chi connectivity index (χ2n) is 4.21. The Morgan fingerprint density at radius 1 is 1.33 bits per heavy atom. The Morgan fingerprint density at radius 2 is 2.05 bits per heavy atom. The molecule has 108 valence electrons. The maximum absolute atomic E-state index is 11.7. The Labute approximate surface area is 121 Å². The minimum Gasteiger partial charge on any atom is -0.512 e. The number of hydrogen-bond donors (Lipinski definition) is 1. The van der Waals surface area contributed by atoms with Gasteiger partial charge in [0.05, 0.1) is 23.3 Å². The van der Waals surface area contributed by atoms with E-state index in [2.05, 4.69) is 15.0 Å². The first-order valence-corrected chi connectivity index (χ1v) is 6.43. The van der Waals surface area contributed by atoms with Gasteiger partial charge in [-0.05, 0) is 32.0 Å². The molecule has 0 spiro atoms. The van der Waals surface area contributed by atoms with E-state index in [0.29, 0.717) is 11.2 Å². The van der Waals surface area contributed by atoms with Gasteiger partial charge in [0.1, 0.15) is 11.3 Å². The second-order valence-corrected chi connectivity index (χ2v) is 4.21. The van der Waals surface area contributed by atoms with E-state index in [1.807, 2.05) is 0 Å². The number of nitrogens with zero attached hydrogens (tertiary/aromatic N) is 3. The molecule has 6 nitrogen and oxygen atoms in total. The SMILES string of the molecule is CCOC(=O)/C(C=Nc1ccc2nccnc2c1)=C(\C)O. The van der Waals surface area contributed by atoms with Crippen molar-refractivity contribution in [1.82, 2.24) is 9.97 Å². The monoisotopic (exact) mass is 285 g/mol. The number of allylic oxidation sites excluding steroid dienone is 1. The molecule has 0 aliphatic heterocycles. The standard InChI is InChI=1S/C15H15N3O3/c1-3-21-15(20)12(10(2)19)9-18-11-4-5-13-14(8-11)17-7-6-16-13/h4-9,19H,3H2,1-2H3/b12-10+,18-9?. The van der Waals surface area contributed by atoms with Crippen LogP contribution in [0.1, 0.15) is 13.8 Å². The summed E-state index contributed by atoms with van der Waals surface area (Å²) in [5.74, 6) is -0.750. The zero-order valence-corrected chi connectivity index (χ0v) is 11.8. The predicted molar refractivity (Wildman–Crippen MR) is 79.7 cm³/mol. The highest BCUT2D eigenvalue weighted by atomic mass is 16.5. The molecule has 0 saturated carbocycles. The van der Waals surface area contributed by atoms with E-state index in [4.69, 9.17) is 4.74 Å². The van der Waals surface area contributed by atoms with Crippen molar-refractivity contribution in [2.45, 2.75) is 13.8 Å². The van der Waals surface area contributed by atoms with E-state index in [0.717, 1.165) is 5.52 Å². The number of aliphatic hydroxyl groups is 1. The molecule has 1 aromatic heterocycles. The summed E-state index contributed by atoms with van der Waals surface area (Å²) in [5.41, 5.74) is 2.09. The van der Waals surface area contributed by atoms with E-state index in [1.165, 1.54) is 13.1 Å². The van der Waals surface area contributed by atoms with Crippen LogP contribution in [0.3, 0.4) is 0 Å². The van der Waals surface area contributed by atoms with Crippen molar-refractivity contribution in [3.63, 3.8) is 0 Å². The van der Waals surface area contributed by atoms with Gasteiger partial charge in [-0.3, -0.25) is 15.0 Å². The number of aliphatic hydroxyl groups excluding tert-OH is 1. The quantitative estimate of drug-likeness (QED) is 0.404. The summed E-state index contributed by atoms with van der Waals surface area (Å²) in [5, 5.41) is 9.52. The maximum atomic E-state index is 11.7. The number of aromatic nitrogens is 2. The Hall–Kier alpha value is -2.76. The Balaban J connectivity index is 2.28. The van der Waals surface area contributed by atoms with Gasteiger partial charge >= 0.3 is 5.97 Å². The van der Waals surface area contributed by atoms with Crippen LogP contribution in [0.5, 0.6) is 0 Å². The normalized spacial score (nSPS) is 12.5. The first kappa shape index (κ1) is 14.6. The lowest BCUT2D eigenvalue weighted by molar-refractivity contribution is -0.138. The number of carbonyl (C=O) groups excluding carboxylic acids is 1. The number of benzene rings is 1. The second kappa shape index (κ2) is 6.60. The van der Waals surface area contributed by atoms with E-state index in [-0.39, 0.29) is 17.9 Å². The Bertz CT molecular complexity index is 719. The predicted octanol–water partition coefficient (Wildman–Crippen LogP) is 2.73. The van der Waals surface area contributed by atoms with E-state index in [9.17, 15) is 9.90 Å². The molecule has 2 rings (SSSR count). The minimum atomic E-state index is -0.609. The van der Waals surface area contributed by atoms with Crippen LogP contribution in [0.15, 0.2) is 46.9 Å². The first-order chi connectivity index (χ1) is 10.1. The fourth-order valence-electron chi connectivity index (χ4n) is 1.67. The number of hydrogen-bond acceptors (Lipinski definition) is 6. The summed E-state index contributed by atoms with van der Waals surface area (Å²) in [6, 6.07) is 5.28. The lowest BCUT2D eigenvalue weighted by Crippen LogP contribution is -2.10. The number of ether oxygens (including phenoxy) is 1. The number of carbonyl (C=O) groups is 1. The van der Waals surface area contributed by atoms with Crippen LogP contribution in [0, 0.1) is 0 Å². The average Bonchev–Trinajstić information content (AvgIpc) is 2.47. The number of esters is 1. The van der Waals surface area contributed by atoms with Crippen LogP contribution in [-0.2, 0) is 9.53 Å². The first-order valence-electron chi connectivity index (χ1n) is 6.43. The zero-order chi connectivity index (χ0) is 15.2. The minimum absolute atomic E-state index is 0.0242. The molecule has 1 aromatic carbocycles. The highest BCUT2D eigenvalue weighted by Gasteiger charge is 2.11. The molecule has 6 heteroatoms. The van der Waals surface area contributed by atoms with Gasteiger partial charge in [-0.1, -0.05) is 0 Å². The van der Waals surface area contributed by atoms with Crippen molar-refractivity contribution in [3.05, 3.63) is 41.9 Å². The molecule has 0 aliphatic carbocycles. The van der Waals surface area contributed by atoms with Gasteiger partial charge in [0.2, 0.25) is 0 Å². The van der Waals surface area contributed by atoms with Crippen molar-refractivity contribution in [1.29, 1.82) is 0 Å². The molecule has 0 amide bonds. The average molecular weight is 285 g/mol. The third kappa shape index (κ3) is 3.62. The molecule has 0 saturated heterocycles. The third-order valence-electron chi connectivity index (χ3n) is 2.68. The molecule has 1 N–H and O–H groups in total. The number of aliphatic imine (C=N–C) groups is 1. The van der Waals surface area contributed by atoms with Crippen LogP contribution in [0.2, 0.25) is 0 Å². The van der Waals surface area contributed by atoms with Crippen LogP contribution >= 0.6 is 0 Å². The largest absolute Gasteiger partial charge is 0.512 e. The van der Waals surface area contributed by atoms with Gasteiger partial charge < -0.3 is 9.84 Å². The van der Waals surface area contributed by atoms with Crippen molar-refractivity contribution in [2.75, 3.05) is 6.61 Å². The molecule has 0 bridgehead atoms. The van der Waals surface area contributed by atoms with E-state index >= 15 is 0 Å². The van der Waals surface area contributed by atoms with Crippen molar-refractivity contribution in [3.8, 4) is 0 Å². The summed E-state index contributed by atoms with van der Waals surface area (Å²) in [4.78, 5) is 24.2. The summed E-state index contributed by atoms with van der Waals surface area (Å²) in [7, 11) is 0. The van der Waals surface area contributed by atoms with Gasteiger partial charge in [-0.25, -0.2) is 4.79 Å². The van der Waals surface area contributed by atoms with Crippen molar-refractivity contribution >= 4 is 28.9 Å². The van der Waals surface area contributed by atoms with Crippen LogP contribution in [0.25, 0.3) is 11.0 Å². The third-order valence-corrected chi connectivity index (χ3v) is 2.68. The summed E-state index contributed by atoms with van der Waals surface area (Å²) >= 11 is 0. The summed E-state index contributed by atoms with van der Waals surface area (Å²) in [6.45, 7) is 3.33. The molecule has 1 heterocycles. The topological polar surface area (TPSA) is 84.7 Å². The summed E-state index contributed by atoms with van der Waals surface area (Å²) in [6.07, 6.45) is 4.49. The fraction of sp³-hybridized carbons (Fsp3) is 0.200. The molecular formula is C15H15N3O3. The molecule has 0 fully saturated rings. The fourth-order valence-corrected chi connectivity index (χ4v) is 1.67. The lowest BCUT2D eigenvalue weighted by Gasteiger charge is -2.03.